The zero-order valence-electron chi connectivity index (χ0n) is 12.1. The van der Waals surface area contributed by atoms with Crippen LogP contribution >= 0.6 is 22.9 Å². The van der Waals surface area contributed by atoms with Crippen molar-refractivity contribution in [3.05, 3.63) is 44.4 Å². The number of rotatable bonds is 5. The van der Waals surface area contributed by atoms with E-state index in [1.165, 1.54) is 18.4 Å². The summed E-state index contributed by atoms with van der Waals surface area (Å²) >= 11 is 7.59. The normalized spacial score (nSPS) is 10.5. The maximum Gasteiger partial charge on any atom is 0.311 e. The van der Waals surface area contributed by atoms with Gasteiger partial charge < -0.3 is 9.47 Å². The predicted molar refractivity (Wildman–Crippen MR) is 83.1 cm³/mol. The van der Waals surface area contributed by atoms with E-state index < -0.39 is 0 Å². The third-order valence-electron chi connectivity index (χ3n) is 2.92. The molecule has 112 valence electrons. The molecule has 1 aromatic carbocycles. The first-order valence-corrected chi connectivity index (χ1v) is 7.65. The molecule has 0 unspecified atom stereocenters. The highest BCUT2D eigenvalue weighted by atomic mass is 35.5. The van der Waals surface area contributed by atoms with Gasteiger partial charge in [0.1, 0.15) is 17.4 Å². The number of hydrogen-bond donors (Lipinski definition) is 0. The Hall–Kier alpha value is -1.59. The summed E-state index contributed by atoms with van der Waals surface area (Å²) in [5, 5.41) is 3.42. The third kappa shape index (κ3) is 4.19. The lowest BCUT2D eigenvalue weighted by Crippen LogP contribution is -2.05. The van der Waals surface area contributed by atoms with Crippen molar-refractivity contribution in [1.82, 2.24) is 4.98 Å². The number of carbonyl (C=O) groups is 1. The van der Waals surface area contributed by atoms with Crippen LogP contribution in [-0.4, -0.2) is 18.1 Å². The molecular formula is C15H16ClNO3S. The number of ether oxygens (including phenoxy) is 2. The van der Waals surface area contributed by atoms with E-state index in [9.17, 15) is 4.79 Å². The lowest BCUT2D eigenvalue weighted by atomic mass is 10.1. The molecular weight excluding hydrogens is 310 g/mol. The van der Waals surface area contributed by atoms with Crippen LogP contribution in [0, 0.1) is 13.8 Å². The van der Waals surface area contributed by atoms with Gasteiger partial charge in [0.2, 0.25) is 0 Å². The monoisotopic (exact) mass is 325 g/mol. The van der Waals surface area contributed by atoms with Crippen LogP contribution in [0.2, 0.25) is 5.02 Å². The SMILES string of the molecule is COC(=O)Cc1csc(COc2cc(C)c(Cl)c(C)c2)n1. The maximum atomic E-state index is 11.2. The van der Waals surface area contributed by atoms with Crippen molar-refractivity contribution in [3.8, 4) is 5.75 Å². The van der Waals surface area contributed by atoms with Gasteiger partial charge in [-0.2, -0.15) is 0 Å². The minimum atomic E-state index is -0.295. The third-order valence-corrected chi connectivity index (χ3v) is 4.39. The van der Waals surface area contributed by atoms with Crippen molar-refractivity contribution in [2.24, 2.45) is 0 Å². The van der Waals surface area contributed by atoms with Crippen molar-refractivity contribution in [3.63, 3.8) is 0 Å². The Bertz CT molecular complexity index is 631. The Morgan fingerprint density at radius 2 is 2.00 bits per heavy atom. The number of benzene rings is 1. The predicted octanol–water partition coefficient (Wildman–Crippen LogP) is 3.71. The highest BCUT2D eigenvalue weighted by Gasteiger charge is 2.09. The summed E-state index contributed by atoms with van der Waals surface area (Å²) in [4.78, 5) is 15.5. The van der Waals surface area contributed by atoms with Gasteiger partial charge in [-0.1, -0.05) is 11.6 Å². The van der Waals surface area contributed by atoms with E-state index in [2.05, 4.69) is 9.72 Å². The van der Waals surface area contributed by atoms with Gasteiger partial charge in [0, 0.05) is 10.4 Å². The molecule has 0 aliphatic heterocycles. The lowest BCUT2D eigenvalue weighted by molar-refractivity contribution is -0.139. The number of esters is 1. The second-order valence-electron chi connectivity index (χ2n) is 4.65. The van der Waals surface area contributed by atoms with Gasteiger partial charge >= 0.3 is 5.97 Å². The zero-order valence-corrected chi connectivity index (χ0v) is 13.7. The Balaban J connectivity index is 1.99. The summed E-state index contributed by atoms with van der Waals surface area (Å²) in [7, 11) is 1.37. The molecule has 0 atom stereocenters. The van der Waals surface area contributed by atoms with Crippen LogP contribution in [0.15, 0.2) is 17.5 Å². The molecule has 0 saturated heterocycles. The molecule has 0 fully saturated rings. The van der Waals surface area contributed by atoms with Crippen LogP contribution in [0.3, 0.4) is 0 Å². The van der Waals surface area contributed by atoms with Crippen molar-refractivity contribution >= 4 is 28.9 Å². The van der Waals surface area contributed by atoms with Gasteiger partial charge in [0.25, 0.3) is 0 Å². The Kier molecular flexibility index (Phi) is 5.20. The molecule has 0 aliphatic rings. The summed E-state index contributed by atoms with van der Waals surface area (Å²) in [6.07, 6.45) is 0.187. The topological polar surface area (TPSA) is 48.4 Å². The highest BCUT2D eigenvalue weighted by Crippen LogP contribution is 2.26. The standard InChI is InChI=1S/C15H16ClNO3S/c1-9-4-12(5-10(2)15(9)16)20-7-13-17-11(8-21-13)6-14(18)19-3/h4-5,8H,6-7H2,1-3H3. The highest BCUT2D eigenvalue weighted by molar-refractivity contribution is 7.09. The Morgan fingerprint density at radius 1 is 1.33 bits per heavy atom. The maximum absolute atomic E-state index is 11.2. The van der Waals surface area contributed by atoms with E-state index in [0.29, 0.717) is 12.3 Å². The van der Waals surface area contributed by atoms with Gasteiger partial charge in [0.05, 0.1) is 19.2 Å². The van der Waals surface area contributed by atoms with Crippen LogP contribution in [-0.2, 0) is 22.6 Å². The van der Waals surface area contributed by atoms with Crippen LogP contribution < -0.4 is 4.74 Å². The number of thiazole rings is 1. The average Bonchev–Trinajstić information content (AvgIpc) is 2.89. The Labute approximate surface area is 132 Å². The van der Waals surface area contributed by atoms with Crippen molar-refractivity contribution in [2.75, 3.05) is 7.11 Å². The smallest absolute Gasteiger partial charge is 0.311 e. The number of aromatic nitrogens is 1. The largest absolute Gasteiger partial charge is 0.486 e. The minimum absolute atomic E-state index is 0.187. The van der Waals surface area contributed by atoms with Crippen LogP contribution in [0.25, 0.3) is 0 Å². The molecule has 1 heterocycles. The molecule has 4 nitrogen and oxygen atoms in total. The van der Waals surface area contributed by atoms with Gasteiger partial charge in [0.15, 0.2) is 0 Å². The number of hydrogen-bond acceptors (Lipinski definition) is 5. The summed E-state index contributed by atoms with van der Waals surface area (Å²) in [6.45, 7) is 4.26. The van der Waals surface area contributed by atoms with E-state index in [1.54, 1.807) is 0 Å². The van der Waals surface area contributed by atoms with E-state index in [0.717, 1.165) is 26.9 Å². The molecule has 21 heavy (non-hydrogen) atoms. The second-order valence-corrected chi connectivity index (χ2v) is 5.97. The number of halogens is 1. The second kappa shape index (κ2) is 6.91. The number of nitrogens with zero attached hydrogens (tertiary/aromatic N) is 1. The van der Waals surface area contributed by atoms with E-state index >= 15 is 0 Å². The fraction of sp³-hybridized carbons (Fsp3) is 0.333. The molecule has 2 rings (SSSR count). The van der Waals surface area contributed by atoms with Gasteiger partial charge in [-0.3, -0.25) is 4.79 Å². The van der Waals surface area contributed by atoms with Crippen LogP contribution in [0.1, 0.15) is 21.8 Å². The molecule has 2 aromatic rings. The van der Waals surface area contributed by atoms with E-state index in [1.807, 2.05) is 31.4 Å². The quantitative estimate of drug-likeness (QED) is 0.786. The van der Waals surface area contributed by atoms with Crippen LogP contribution in [0.5, 0.6) is 5.75 Å². The summed E-state index contributed by atoms with van der Waals surface area (Å²) < 4.78 is 10.3. The molecule has 0 radical (unpaired) electrons. The zero-order chi connectivity index (χ0) is 15.4. The first kappa shape index (κ1) is 15.8. The van der Waals surface area contributed by atoms with Crippen LogP contribution in [0.4, 0.5) is 0 Å². The van der Waals surface area contributed by atoms with Gasteiger partial charge in [-0.15, -0.1) is 11.3 Å². The number of carbonyl (C=O) groups excluding carboxylic acids is 1. The van der Waals surface area contributed by atoms with Crippen molar-refractivity contribution in [1.29, 1.82) is 0 Å². The molecule has 0 saturated carbocycles. The minimum Gasteiger partial charge on any atom is -0.486 e. The van der Waals surface area contributed by atoms with Gasteiger partial charge in [-0.25, -0.2) is 4.98 Å². The lowest BCUT2D eigenvalue weighted by Gasteiger charge is -2.08. The first-order valence-electron chi connectivity index (χ1n) is 6.39. The van der Waals surface area contributed by atoms with Crippen molar-refractivity contribution in [2.45, 2.75) is 26.9 Å². The van der Waals surface area contributed by atoms with Gasteiger partial charge in [-0.05, 0) is 37.1 Å². The number of aryl methyl sites for hydroxylation is 2. The molecule has 0 amide bonds. The fourth-order valence-corrected chi connectivity index (χ4v) is 2.67. The molecule has 0 aliphatic carbocycles. The molecule has 0 spiro atoms. The Morgan fingerprint density at radius 3 is 2.62 bits per heavy atom. The average molecular weight is 326 g/mol. The van der Waals surface area contributed by atoms with E-state index in [-0.39, 0.29) is 12.4 Å². The fourth-order valence-electron chi connectivity index (χ4n) is 1.85. The summed E-state index contributed by atoms with van der Waals surface area (Å²) in [6, 6.07) is 3.80. The van der Waals surface area contributed by atoms with Crippen molar-refractivity contribution < 1.29 is 14.3 Å². The molecule has 0 bridgehead atoms. The molecule has 1 aromatic heterocycles. The number of methoxy groups -OCH3 is 1. The first-order chi connectivity index (χ1) is 9.99. The van der Waals surface area contributed by atoms with E-state index in [4.69, 9.17) is 16.3 Å². The molecule has 6 heteroatoms. The summed E-state index contributed by atoms with van der Waals surface area (Å²) in [5.41, 5.74) is 2.67. The summed E-state index contributed by atoms with van der Waals surface area (Å²) in [5.74, 6) is 0.468. The molecule has 0 N–H and O–H groups in total.